The Hall–Kier alpha value is -2.45. The fourth-order valence-corrected chi connectivity index (χ4v) is 5.02. The van der Waals surface area contributed by atoms with Gasteiger partial charge in [-0.05, 0) is 40.6 Å². The molecule has 0 aromatic heterocycles. The second-order valence-electron chi connectivity index (χ2n) is 8.01. The number of nitrogens with zero attached hydrogens (tertiary/aromatic N) is 2. The first kappa shape index (κ1) is 21.8. The summed E-state index contributed by atoms with van der Waals surface area (Å²) in [7, 11) is 0.381. The van der Waals surface area contributed by atoms with Gasteiger partial charge >= 0.3 is 0 Å². The second kappa shape index (κ2) is 9.36. The Morgan fingerprint density at radius 3 is 2.32 bits per heavy atom. The molecule has 0 spiro atoms. The summed E-state index contributed by atoms with van der Waals surface area (Å²) in [5, 5.41) is 1.93. The summed E-state index contributed by atoms with van der Waals surface area (Å²) >= 11 is 0. The maximum atomic E-state index is 13.1. The Kier molecular flexibility index (Phi) is 6.57. The fraction of sp³-hybridized carbons (Fsp3) is 0.333. The molecule has 1 N–H and O–H groups in total. The summed E-state index contributed by atoms with van der Waals surface area (Å²) in [5.74, 6) is 0. The predicted molar refractivity (Wildman–Crippen MR) is 125 cm³/mol. The van der Waals surface area contributed by atoms with E-state index in [1.54, 1.807) is 12.1 Å². The highest BCUT2D eigenvalue weighted by atomic mass is 32.2. The first-order chi connectivity index (χ1) is 14.9. The summed E-state index contributed by atoms with van der Waals surface area (Å²) in [6.07, 6.45) is 0. The molecule has 1 saturated heterocycles. The Balaban J connectivity index is 1.56. The summed E-state index contributed by atoms with van der Waals surface area (Å²) in [6.45, 7) is 3.17. The van der Waals surface area contributed by atoms with E-state index in [2.05, 4.69) is 38.8 Å². The number of sulfonamides is 1. The lowest BCUT2D eigenvalue weighted by atomic mass is 10.0. The minimum Gasteiger partial charge on any atom is -0.379 e. The zero-order valence-corrected chi connectivity index (χ0v) is 18.8. The molecule has 0 unspecified atom stereocenters. The molecule has 1 heterocycles. The van der Waals surface area contributed by atoms with Gasteiger partial charge in [0.1, 0.15) is 0 Å². The van der Waals surface area contributed by atoms with Gasteiger partial charge in [0, 0.05) is 45.5 Å². The molecular formula is C24H29N3O3S. The van der Waals surface area contributed by atoms with Crippen LogP contribution in [0.15, 0.2) is 71.6 Å². The summed E-state index contributed by atoms with van der Waals surface area (Å²) in [6, 6.07) is 21.3. The molecule has 1 fully saturated rings. The maximum Gasteiger partial charge on any atom is 0.240 e. The third-order valence-corrected chi connectivity index (χ3v) is 7.20. The SMILES string of the molecule is CN(C)c1ccc([C@H](CNS(=O)(=O)c2ccc3ccccc3c2)N2CCOCC2)cc1. The molecule has 1 aliphatic heterocycles. The Labute approximate surface area is 184 Å². The highest BCUT2D eigenvalue weighted by Gasteiger charge is 2.25. The van der Waals surface area contributed by atoms with Gasteiger partial charge in [0.15, 0.2) is 0 Å². The van der Waals surface area contributed by atoms with Crippen molar-refractivity contribution in [3.8, 4) is 0 Å². The molecule has 1 atom stereocenters. The molecular weight excluding hydrogens is 410 g/mol. The normalized spacial score (nSPS) is 16.3. The van der Waals surface area contributed by atoms with Crippen molar-refractivity contribution in [3.63, 3.8) is 0 Å². The predicted octanol–water partition coefficient (Wildman–Crippen LogP) is 3.26. The molecule has 0 saturated carbocycles. The first-order valence-corrected chi connectivity index (χ1v) is 12.0. The number of nitrogens with one attached hydrogen (secondary N) is 1. The first-order valence-electron chi connectivity index (χ1n) is 10.5. The van der Waals surface area contributed by atoms with Gasteiger partial charge in [-0.2, -0.15) is 0 Å². The molecule has 1 aliphatic rings. The minimum absolute atomic E-state index is 0.0599. The molecule has 6 nitrogen and oxygen atoms in total. The molecule has 7 heteroatoms. The van der Waals surface area contributed by atoms with Crippen LogP contribution in [0.5, 0.6) is 0 Å². The van der Waals surface area contributed by atoms with Crippen molar-refractivity contribution in [2.45, 2.75) is 10.9 Å². The van der Waals surface area contributed by atoms with Crippen LogP contribution in [0.1, 0.15) is 11.6 Å². The van der Waals surface area contributed by atoms with Gasteiger partial charge in [-0.3, -0.25) is 4.90 Å². The number of hydrogen-bond acceptors (Lipinski definition) is 5. The summed E-state index contributed by atoms with van der Waals surface area (Å²) in [5.41, 5.74) is 2.20. The molecule has 0 radical (unpaired) electrons. The van der Waals surface area contributed by atoms with Gasteiger partial charge < -0.3 is 9.64 Å². The van der Waals surface area contributed by atoms with Gasteiger partial charge in [0.05, 0.1) is 18.1 Å². The fourth-order valence-electron chi connectivity index (χ4n) is 3.95. The minimum atomic E-state index is -3.63. The van der Waals surface area contributed by atoms with Crippen LogP contribution in [-0.4, -0.2) is 60.3 Å². The largest absolute Gasteiger partial charge is 0.379 e. The van der Waals surface area contributed by atoms with Crippen LogP contribution in [0.25, 0.3) is 10.8 Å². The van der Waals surface area contributed by atoms with Gasteiger partial charge in [-0.1, -0.05) is 42.5 Å². The van der Waals surface area contributed by atoms with Crippen molar-refractivity contribution in [3.05, 3.63) is 72.3 Å². The van der Waals surface area contributed by atoms with Crippen LogP contribution < -0.4 is 9.62 Å². The Bertz CT molecular complexity index is 1120. The molecule has 0 aliphatic carbocycles. The molecule has 164 valence electrons. The van der Waals surface area contributed by atoms with E-state index in [0.29, 0.717) is 19.8 Å². The number of benzene rings is 3. The van der Waals surface area contributed by atoms with Crippen molar-refractivity contribution < 1.29 is 13.2 Å². The van der Waals surface area contributed by atoms with Crippen LogP contribution >= 0.6 is 0 Å². The van der Waals surface area contributed by atoms with Gasteiger partial charge in [0.2, 0.25) is 10.0 Å². The third-order valence-electron chi connectivity index (χ3n) is 5.78. The van der Waals surface area contributed by atoms with Crippen molar-refractivity contribution in [2.24, 2.45) is 0 Å². The van der Waals surface area contributed by atoms with E-state index >= 15 is 0 Å². The van der Waals surface area contributed by atoms with E-state index in [9.17, 15) is 8.42 Å². The van der Waals surface area contributed by atoms with E-state index in [-0.39, 0.29) is 10.9 Å². The zero-order valence-electron chi connectivity index (χ0n) is 18.0. The van der Waals surface area contributed by atoms with Crippen molar-refractivity contribution in [2.75, 3.05) is 51.8 Å². The number of rotatable bonds is 7. The van der Waals surface area contributed by atoms with Gasteiger partial charge in [-0.25, -0.2) is 13.1 Å². The van der Waals surface area contributed by atoms with Crippen LogP contribution in [0.3, 0.4) is 0 Å². The quantitative estimate of drug-likeness (QED) is 0.612. The van der Waals surface area contributed by atoms with Gasteiger partial charge in [0.25, 0.3) is 0 Å². The summed E-state index contributed by atoms with van der Waals surface area (Å²) in [4.78, 5) is 4.63. The number of ether oxygens (including phenoxy) is 1. The lowest BCUT2D eigenvalue weighted by Crippen LogP contribution is -2.43. The second-order valence-corrected chi connectivity index (χ2v) is 9.78. The molecule has 31 heavy (non-hydrogen) atoms. The summed E-state index contributed by atoms with van der Waals surface area (Å²) < 4.78 is 34.5. The van der Waals surface area contributed by atoms with Crippen molar-refractivity contribution >= 4 is 26.5 Å². The van der Waals surface area contributed by atoms with E-state index in [1.165, 1.54) is 0 Å². The smallest absolute Gasteiger partial charge is 0.240 e. The molecule has 0 bridgehead atoms. The molecule has 4 rings (SSSR count). The average Bonchev–Trinajstić information content (AvgIpc) is 2.80. The van der Waals surface area contributed by atoms with Crippen LogP contribution in [-0.2, 0) is 14.8 Å². The Morgan fingerprint density at radius 2 is 1.65 bits per heavy atom. The lowest BCUT2D eigenvalue weighted by molar-refractivity contribution is 0.0172. The maximum absolute atomic E-state index is 13.1. The molecule has 3 aromatic carbocycles. The van der Waals surface area contributed by atoms with E-state index in [4.69, 9.17) is 4.74 Å². The van der Waals surface area contributed by atoms with E-state index < -0.39 is 10.0 Å². The standard InChI is InChI=1S/C24H29N3O3S/c1-26(2)22-10-7-20(8-11-22)24(27-13-15-30-16-14-27)18-25-31(28,29)23-12-9-19-5-3-4-6-21(19)17-23/h3-12,17,24-25H,13-16,18H2,1-2H3/t24-/m0/s1. The van der Waals surface area contributed by atoms with E-state index in [1.807, 2.05) is 44.4 Å². The van der Waals surface area contributed by atoms with Gasteiger partial charge in [-0.15, -0.1) is 0 Å². The van der Waals surface area contributed by atoms with Crippen LogP contribution in [0, 0.1) is 0 Å². The zero-order chi connectivity index (χ0) is 21.8. The number of anilines is 1. The molecule has 0 amide bonds. The number of hydrogen-bond donors (Lipinski definition) is 1. The highest BCUT2D eigenvalue weighted by molar-refractivity contribution is 7.89. The monoisotopic (exact) mass is 439 g/mol. The van der Waals surface area contributed by atoms with Crippen molar-refractivity contribution in [1.82, 2.24) is 9.62 Å². The lowest BCUT2D eigenvalue weighted by Gasteiger charge is -2.35. The van der Waals surface area contributed by atoms with Crippen LogP contribution in [0.2, 0.25) is 0 Å². The molecule has 3 aromatic rings. The Morgan fingerprint density at radius 1 is 0.968 bits per heavy atom. The van der Waals surface area contributed by atoms with E-state index in [0.717, 1.165) is 35.1 Å². The topological polar surface area (TPSA) is 61.9 Å². The van der Waals surface area contributed by atoms with Crippen LogP contribution in [0.4, 0.5) is 5.69 Å². The third kappa shape index (κ3) is 5.07. The average molecular weight is 440 g/mol. The highest BCUT2D eigenvalue weighted by Crippen LogP contribution is 2.25. The number of morpholine rings is 1. The number of fused-ring (bicyclic) bond motifs is 1. The van der Waals surface area contributed by atoms with Crippen molar-refractivity contribution in [1.29, 1.82) is 0 Å².